The summed E-state index contributed by atoms with van der Waals surface area (Å²) in [4.78, 5) is 0. The molecule has 1 atom stereocenters. The Kier molecular flexibility index (Phi) is 5.85. The van der Waals surface area contributed by atoms with Gasteiger partial charge >= 0.3 is 0 Å². The highest BCUT2D eigenvalue weighted by atomic mass is 31.2. The largest absolute Gasteiger partial charge is 0.309 e. The number of benzene rings is 7. The first-order valence-corrected chi connectivity index (χ1v) is 17.6. The molecule has 9 rings (SSSR count). The number of nitrogens with zero attached hydrogens (tertiary/aromatic N) is 1. The van der Waals surface area contributed by atoms with E-state index in [4.69, 9.17) is 0 Å². The molecule has 7 aromatic carbocycles. The lowest BCUT2D eigenvalue weighted by Crippen LogP contribution is -2.42. The van der Waals surface area contributed by atoms with Crippen molar-refractivity contribution in [3.05, 3.63) is 169 Å². The van der Waals surface area contributed by atoms with E-state index in [1.807, 2.05) is 6.07 Å². The smallest absolute Gasteiger partial charge is 0.172 e. The van der Waals surface area contributed by atoms with Gasteiger partial charge in [0, 0.05) is 37.8 Å². The zero-order valence-corrected chi connectivity index (χ0v) is 26.7. The van der Waals surface area contributed by atoms with Crippen LogP contribution in [0.2, 0.25) is 0 Å². The van der Waals surface area contributed by atoms with Crippen molar-refractivity contribution < 1.29 is 4.57 Å². The Morgan fingerprint density at radius 2 is 1.04 bits per heavy atom. The second-order valence-corrected chi connectivity index (χ2v) is 15.6. The van der Waals surface area contributed by atoms with Crippen LogP contribution in [0.1, 0.15) is 25.0 Å². The predicted octanol–water partition coefficient (Wildman–Crippen LogP) is 9.88. The summed E-state index contributed by atoms with van der Waals surface area (Å²) >= 11 is 0. The number of rotatable bonds is 3. The van der Waals surface area contributed by atoms with Gasteiger partial charge in [0.25, 0.3) is 0 Å². The lowest BCUT2D eigenvalue weighted by atomic mass is 9.77. The molecule has 3 heteroatoms. The van der Waals surface area contributed by atoms with E-state index in [0.717, 1.165) is 54.6 Å². The third-order valence-corrected chi connectivity index (χ3v) is 13.2. The summed E-state index contributed by atoms with van der Waals surface area (Å²) in [6.45, 7) is 4.53. The summed E-state index contributed by atoms with van der Waals surface area (Å²) in [5.41, 5.74) is 7.61. The van der Waals surface area contributed by atoms with Crippen LogP contribution in [-0.4, -0.2) is 4.57 Å². The van der Waals surface area contributed by atoms with Crippen LogP contribution in [0.5, 0.6) is 0 Å². The minimum absolute atomic E-state index is 0.298. The average molecular weight is 610 g/mol. The SMILES string of the molecule is CC1(C)c2ccccc2P(=O)(c2cccc3ccccc23)c2cc(-c3cccc(-n4c5ccccc5c5ccccc54)c3)ccc21. The minimum Gasteiger partial charge on any atom is -0.309 e. The molecule has 0 saturated heterocycles. The van der Waals surface area contributed by atoms with Crippen molar-refractivity contribution in [3.8, 4) is 16.8 Å². The van der Waals surface area contributed by atoms with Crippen LogP contribution in [0.4, 0.5) is 0 Å². The number of para-hydroxylation sites is 2. The summed E-state index contributed by atoms with van der Waals surface area (Å²) in [7, 11) is -3.25. The molecular formula is C43H32NOP. The molecule has 1 aliphatic heterocycles. The van der Waals surface area contributed by atoms with Crippen LogP contribution >= 0.6 is 7.14 Å². The van der Waals surface area contributed by atoms with Crippen LogP contribution in [0, 0.1) is 0 Å². The topological polar surface area (TPSA) is 22.0 Å². The van der Waals surface area contributed by atoms with Crippen molar-refractivity contribution in [3.63, 3.8) is 0 Å². The van der Waals surface area contributed by atoms with Gasteiger partial charge in [0.05, 0.1) is 11.0 Å². The molecule has 0 fully saturated rings. The van der Waals surface area contributed by atoms with Gasteiger partial charge in [0.15, 0.2) is 7.14 Å². The molecule has 0 saturated carbocycles. The van der Waals surface area contributed by atoms with Gasteiger partial charge in [-0.2, -0.15) is 0 Å². The Morgan fingerprint density at radius 1 is 0.478 bits per heavy atom. The van der Waals surface area contributed by atoms with Gasteiger partial charge in [-0.05, 0) is 63.4 Å². The fourth-order valence-electron chi connectivity index (χ4n) is 7.82. The third-order valence-electron chi connectivity index (χ3n) is 10.1. The standard InChI is InChI=1S/C43H32NOP/c1-43(2)36-20-7-10-23-41(36)46(45,40-24-12-14-29-13-3-4-17-33(29)40)42-28-31(25-26-37(42)43)30-15-11-16-32(27-30)44-38-21-8-5-18-34(38)35-19-6-9-22-39(35)44/h3-28H,1-2H3. The fraction of sp³-hybridized carbons (Fsp3) is 0.0698. The quantitative estimate of drug-likeness (QED) is 0.183. The second-order valence-electron chi connectivity index (χ2n) is 12.9. The van der Waals surface area contributed by atoms with E-state index in [9.17, 15) is 0 Å². The fourth-order valence-corrected chi connectivity index (χ4v) is 11.4. The number of aromatic nitrogens is 1. The summed E-state index contributed by atoms with van der Waals surface area (Å²) in [6, 6.07) is 55.6. The lowest BCUT2D eigenvalue weighted by Gasteiger charge is -2.40. The monoisotopic (exact) mass is 609 g/mol. The van der Waals surface area contributed by atoms with Crippen molar-refractivity contribution in [2.24, 2.45) is 0 Å². The van der Waals surface area contributed by atoms with Crippen molar-refractivity contribution in [1.29, 1.82) is 0 Å². The van der Waals surface area contributed by atoms with E-state index in [0.29, 0.717) is 0 Å². The highest BCUT2D eigenvalue weighted by molar-refractivity contribution is 7.86. The van der Waals surface area contributed by atoms with E-state index in [2.05, 4.69) is 170 Å². The Morgan fingerprint density at radius 3 is 1.83 bits per heavy atom. The summed E-state index contributed by atoms with van der Waals surface area (Å²) in [5.74, 6) is 0. The van der Waals surface area contributed by atoms with E-state index in [1.165, 1.54) is 21.8 Å². The Hall–Kier alpha value is -5.17. The molecule has 2 heterocycles. The van der Waals surface area contributed by atoms with Crippen molar-refractivity contribution in [1.82, 2.24) is 4.57 Å². The molecular weight excluding hydrogens is 577 g/mol. The van der Waals surface area contributed by atoms with Gasteiger partial charge in [-0.25, -0.2) is 0 Å². The van der Waals surface area contributed by atoms with Gasteiger partial charge in [-0.3, -0.25) is 0 Å². The Labute approximate surface area is 269 Å². The van der Waals surface area contributed by atoms with Gasteiger partial charge in [-0.1, -0.05) is 141 Å². The van der Waals surface area contributed by atoms with Gasteiger partial charge in [-0.15, -0.1) is 0 Å². The molecule has 220 valence electrons. The maximum atomic E-state index is 16.1. The van der Waals surface area contributed by atoms with Gasteiger partial charge in [0.2, 0.25) is 0 Å². The van der Waals surface area contributed by atoms with Crippen molar-refractivity contribution in [2.45, 2.75) is 19.3 Å². The van der Waals surface area contributed by atoms with Gasteiger partial charge < -0.3 is 9.13 Å². The van der Waals surface area contributed by atoms with Gasteiger partial charge in [0.1, 0.15) is 0 Å². The van der Waals surface area contributed by atoms with E-state index < -0.39 is 7.14 Å². The normalized spacial score (nSPS) is 16.8. The summed E-state index contributed by atoms with van der Waals surface area (Å²) in [5, 5.41) is 7.43. The molecule has 0 amide bonds. The van der Waals surface area contributed by atoms with E-state index in [-0.39, 0.29) is 5.41 Å². The molecule has 1 unspecified atom stereocenters. The molecule has 0 N–H and O–H groups in total. The minimum atomic E-state index is -3.25. The zero-order valence-electron chi connectivity index (χ0n) is 25.8. The highest BCUT2D eigenvalue weighted by Crippen LogP contribution is 2.54. The summed E-state index contributed by atoms with van der Waals surface area (Å²) in [6.07, 6.45) is 0. The maximum Gasteiger partial charge on any atom is 0.172 e. The first-order valence-electron chi connectivity index (χ1n) is 15.9. The first kappa shape index (κ1) is 27.2. The Balaban J connectivity index is 1.29. The number of fused-ring (bicyclic) bond motifs is 6. The first-order chi connectivity index (χ1) is 22.5. The molecule has 46 heavy (non-hydrogen) atoms. The molecule has 2 nitrogen and oxygen atoms in total. The molecule has 0 bridgehead atoms. The molecule has 1 aliphatic rings. The molecule has 0 spiro atoms. The maximum absolute atomic E-state index is 16.1. The van der Waals surface area contributed by atoms with Crippen LogP contribution in [0.25, 0.3) is 49.4 Å². The molecule has 1 aromatic heterocycles. The van der Waals surface area contributed by atoms with E-state index in [1.54, 1.807) is 0 Å². The summed E-state index contributed by atoms with van der Waals surface area (Å²) < 4.78 is 18.5. The zero-order chi connectivity index (χ0) is 31.0. The molecule has 0 radical (unpaired) electrons. The van der Waals surface area contributed by atoms with E-state index >= 15 is 4.57 Å². The lowest BCUT2D eigenvalue weighted by molar-refractivity contribution is 0.586. The van der Waals surface area contributed by atoms with Crippen molar-refractivity contribution in [2.75, 3.05) is 0 Å². The Bertz CT molecular complexity index is 2500. The molecule has 8 aromatic rings. The van der Waals surface area contributed by atoms with Crippen molar-refractivity contribution >= 4 is 55.6 Å². The average Bonchev–Trinajstić information content (AvgIpc) is 3.45. The second kappa shape index (κ2) is 9.91. The third kappa shape index (κ3) is 3.74. The van der Waals surface area contributed by atoms with Crippen LogP contribution < -0.4 is 15.9 Å². The molecule has 0 aliphatic carbocycles. The number of hydrogen-bond acceptors (Lipinski definition) is 1. The van der Waals surface area contributed by atoms with Crippen LogP contribution in [0.15, 0.2) is 158 Å². The van der Waals surface area contributed by atoms with Crippen LogP contribution in [-0.2, 0) is 9.98 Å². The predicted molar refractivity (Wildman–Crippen MR) is 195 cm³/mol. The highest BCUT2D eigenvalue weighted by Gasteiger charge is 2.45. The van der Waals surface area contributed by atoms with Crippen LogP contribution in [0.3, 0.4) is 0 Å². The number of hydrogen-bond donors (Lipinski definition) is 0.